The number of hydrogen-bond donors (Lipinski definition) is 0. The molecule has 1 heterocycles. The third-order valence-corrected chi connectivity index (χ3v) is 5.20. The molecule has 2 aromatic carbocycles. The molecule has 0 aliphatic carbocycles. The van der Waals surface area contributed by atoms with Crippen LogP contribution in [-0.4, -0.2) is 36.5 Å². The van der Waals surface area contributed by atoms with Gasteiger partial charge in [0, 0.05) is 19.0 Å². The first-order valence-electron chi connectivity index (χ1n) is 8.84. The molecular weight excluding hydrogens is 360 g/mol. The van der Waals surface area contributed by atoms with Crippen LogP contribution in [0.5, 0.6) is 0 Å². The van der Waals surface area contributed by atoms with Crippen molar-refractivity contribution >= 4 is 21.5 Å². The topological polar surface area (TPSA) is 68.1 Å². The Balaban J connectivity index is 2.00. The van der Waals surface area contributed by atoms with E-state index in [0.29, 0.717) is 18.3 Å². The monoisotopic (exact) mass is 384 g/mol. The van der Waals surface area contributed by atoms with Crippen LogP contribution in [0, 0.1) is 0 Å². The van der Waals surface area contributed by atoms with Gasteiger partial charge < -0.3 is 4.90 Å². The average molecular weight is 385 g/mol. The van der Waals surface area contributed by atoms with Crippen molar-refractivity contribution in [2.24, 2.45) is 0 Å². The third-order valence-electron chi connectivity index (χ3n) is 4.41. The molecule has 1 aromatic heterocycles. The van der Waals surface area contributed by atoms with Gasteiger partial charge in [-0.3, -0.25) is 4.57 Å². The van der Waals surface area contributed by atoms with Crippen molar-refractivity contribution in [3.63, 3.8) is 0 Å². The summed E-state index contributed by atoms with van der Waals surface area (Å²) in [7, 11) is -1.31. The lowest BCUT2D eigenvalue weighted by molar-refractivity contribution is 0.597. The van der Waals surface area contributed by atoms with Crippen LogP contribution in [-0.2, 0) is 28.6 Å². The maximum atomic E-state index is 11.8. The molecular formula is C20H24N4O2S. The van der Waals surface area contributed by atoms with Crippen LogP contribution < -0.4 is 4.90 Å². The summed E-state index contributed by atoms with van der Waals surface area (Å²) in [4.78, 5) is 1.93. The Labute approximate surface area is 160 Å². The zero-order chi connectivity index (χ0) is 19.4. The normalized spacial score (nSPS) is 11.5. The van der Waals surface area contributed by atoms with Gasteiger partial charge >= 0.3 is 0 Å². The van der Waals surface area contributed by atoms with Crippen LogP contribution in [0.25, 0.3) is 0 Å². The number of aryl methyl sites for hydroxylation is 1. The second-order valence-electron chi connectivity index (χ2n) is 6.64. The molecule has 0 spiro atoms. The summed E-state index contributed by atoms with van der Waals surface area (Å²) in [5.74, 6) is 0.908. The summed E-state index contributed by atoms with van der Waals surface area (Å²) in [5, 5.41) is 8.46. The van der Waals surface area contributed by atoms with E-state index in [1.54, 1.807) is 0 Å². The molecule has 27 heavy (non-hydrogen) atoms. The Kier molecular flexibility index (Phi) is 5.60. The molecule has 0 unspecified atom stereocenters. The van der Waals surface area contributed by atoms with Crippen LogP contribution >= 0.6 is 0 Å². The largest absolute Gasteiger partial charge is 0.314 e. The van der Waals surface area contributed by atoms with Gasteiger partial charge in [-0.05, 0) is 29.7 Å². The summed E-state index contributed by atoms with van der Waals surface area (Å²) in [6.07, 6.45) is 2.19. The van der Waals surface area contributed by atoms with Gasteiger partial charge in [0.25, 0.3) is 0 Å². The lowest BCUT2D eigenvalue weighted by Crippen LogP contribution is -2.18. The summed E-state index contributed by atoms with van der Waals surface area (Å²) in [5.41, 5.74) is 3.29. The molecule has 0 aliphatic rings. The second kappa shape index (κ2) is 7.92. The van der Waals surface area contributed by atoms with Crippen LogP contribution in [0.2, 0.25) is 0 Å². The van der Waals surface area contributed by atoms with Crippen molar-refractivity contribution in [2.45, 2.75) is 25.6 Å². The molecule has 0 amide bonds. The predicted molar refractivity (Wildman–Crippen MR) is 108 cm³/mol. The molecule has 3 rings (SSSR count). The Morgan fingerprint density at radius 1 is 0.963 bits per heavy atom. The Bertz CT molecular complexity index is 996. The molecule has 142 valence electrons. The molecule has 0 bridgehead atoms. The summed E-state index contributed by atoms with van der Waals surface area (Å²) >= 11 is 0. The Morgan fingerprint density at radius 3 is 2.22 bits per heavy atom. The van der Waals surface area contributed by atoms with E-state index in [1.807, 2.05) is 59.0 Å². The van der Waals surface area contributed by atoms with Gasteiger partial charge in [-0.2, -0.15) is 0 Å². The molecule has 0 radical (unpaired) electrons. The molecule has 7 heteroatoms. The standard InChI is InChI=1S/C20H24N4O2S/c1-4-16-10-12-18(13-11-16)23(2)20-22-21-19(15-27(3,25)26)24(20)14-17-8-6-5-7-9-17/h5-13H,4,14-15H2,1-3H3. The number of hydrogen-bond acceptors (Lipinski definition) is 5. The van der Waals surface area contributed by atoms with Crippen molar-refractivity contribution in [3.05, 3.63) is 71.5 Å². The molecule has 0 saturated heterocycles. The molecule has 0 atom stereocenters. The highest BCUT2D eigenvalue weighted by molar-refractivity contribution is 7.89. The number of sulfone groups is 1. The van der Waals surface area contributed by atoms with Gasteiger partial charge in [0.2, 0.25) is 5.95 Å². The van der Waals surface area contributed by atoms with Crippen molar-refractivity contribution in [2.75, 3.05) is 18.2 Å². The lowest BCUT2D eigenvalue weighted by atomic mass is 10.1. The maximum Gasteiger partial charge on any atom is 0.231 e. The highest BCUT2D eigenvalue weighted by Crippen LogP contribution is 2.24. The number of aromatic nitrogens is 3. The van der Waals surface area contributed by atoms with Gasteiger partial charge in [0.05, 0.1) is 6.54 Å². The smallest absolute Gasteiger partial charge is 0.231 e. The summed E-state index contributed by atoms with van der Waals surface area (Å²) in [6, 6.07) is 18.1. The van der Waals surface area contributed by atoms with Crippen LogP contribution in [0.3, 0.4) is 0 Å². The summed E-state index contributed by atoms with van der Waals surface area (Å²) in [6.45, 7) is 2.62. The van der Waals surface area contributed by atoms with E-state index in [4.69, 9.17) is 0 Å². The van der Waals surface area contributed by atoms with E-state index in [2.05, 4.69) is 29.3 Å². The first-order chi connectivity index (χ1) is 12.9. The second-order valence-corrected chi connectivity index (χ2v) is 8.78. The fourth-order valence-electron chi connectivity index (χ4n) is 2.91. The van der Waals surface area contributed by atoms with E-state index in [0.717, 1.165) is 17.7 Å². The molecule has 6 nitrogen and oxygen atoms in total. The molecule has 0 fully saturated rings. The highest BCUT2D eigenvalue weighted by atomic mass is 32.2. The van der Waals surface area contributed by atoms with Gasteiger partial charge in [-0.25, -0.2) is 8.42 Å². The predicted octanol–water partition coefficient (Wildman–Crippen LogP) is 3.20. The van der Waals surface area contributed by atoms with Crippen LogP contribution in [0.4, 0.5) is 11.6 Å². The number of rotatable bonds is 7. The quantitative estimate of drug-likeness (QED) is 0.626. The Hall–Kier alpha value is -2.67. The third kappa shape index (κ3) is 4.74. The minimum Gasteiger partial charge on any atom is -0.314 e. The maximum absolute atomic E-state index is 11.8. The number of benzene rings is 2. The SMILES string of the molecule is CCc1ccc(N(C)c2nnc(CS(C)(=O)=O)n2Cc2ccccc2)cc1. The van der Waals surface area contributed by atoms with E-state index in [-0.39, 0.29) is 5.75 Å². The van der Waals surface area contributed by atoms with Crippen LogP contribution in [0.1, 0.15) is 23.9 Å². The van der Waals surface area contributed by atoms with Gasteiger partial charge in [-0.15, -0.1) is 10.2 Å². The number of anilines is 2. The van der Waals surface area contributed by atoms with E-state index >= 15 is 0 Å². The van der Waals surface area contributed by atoms with Crippen molar-refractivity contribution in [1.82, 2.24) is 14.8 Å². The van der Waals surface area contributed by atoms with Gasteiger partial charge in [0.15, 0.2) is 9.84 Å². The first-order valence-corrected chi connectivity index (χ1v) is 10.9. The highest BCUT2D eigenvalue weighted by Gasteiger charge is 2.20. The summed E-state index contributed by atoms with van der Waals surface area (Å²) < 4.78 is 25.5. The molecule has 0 N–H and O–H groups in total. The van der Waals surface area contributed by atoms with Crippen LogP contribution in [0.15, 0.2) is 54.6 Å². The number of nitrogens with zero attached hydrogens (tertiary/aromatic N) is 4. The zero-order valence-corrected chi connectivity index (χ0v) is 16.6. The van der Waals surface area contributed by atoms with Gasteiger partial charge in [-0.1, -0.05) is 49.4 Å². The molecule has 0 aliphatic heterocycles. The Morgan fingerprint density at radius 2 is 1.63 bits per heavy atom. The van der Waals surface area contributed by atoms with Crippen molar-refractivity contribution in [1.29, 1.82) is 0 Å². The first kappa shape index (κ1) is 19.1. The van der Waals surface area contributed by atoms with E-state index < -0.39 is 9.84 Å². The van der Waals surface area contributed by atoms with Crippen molar-refractivity contribution < 1.29 is 8.42 Å². The van der Waals surface area contributed by atoms with Gasteiger partial charge in [0.1, 0.15) is 11.6 Å². The van der Waals surface area contributed by atoms with E-state index in [9.17, 15) is 8.42 Å². The fraction of sp³-hybridized carbons (Fsp3) is 0.300. The average Bonchev–Trinajstić information content (AvgIpc) is 3.02. The minimum absolute atomic E-state index is 0.143. The zero-order valence-electron chi connectivity index (χ0n) is 15.8. The molecule has 3 aromatic rings. The van der Waals surface area contributed by atoms with E-state index in [1.165, 1.54) is 11.8 Å². The van der Waals surface area contributed by atoms with Crippen molar-refractivity contribution in [3.8, 4) is 0 Å². The molecule has 0 saturated carbocycles. The lowest BCUT2D eigenvalue weighted by Gasteiger charge is -2.20. The fourth-order valence-corrected chi connectivity index (χ4v) is 3.60. The minimum atomic E-state index is -3.22.